The summed E-state index contributed by atoms with van der Waals surface area (Å²) in [6.07, 6.45) is 0.202. The Morgan fingerprint density at radius 3 is 1.90 bits per heavy atom. The lowest BCUT2D eigenvalue weighted by molar-refractivity contribution is -0.125. The van der Waals surface area contributed by atoms with Crippen molar-refractivity contribution in [3.05, 3.63) is 186 Å². The predicted molar refractivity (Wildman–Crippen MR) is 198 cm³/mol. The first kappa shape index (κ1) is 34.6. The molecule has 1 saturated heterocycles. The summed E-state index contributed by atoms with van der Waals surface area (Å²) < 4.78 is 57.7. The molecule has 1 heterocycles. The van der Waals surface area contributed by atoms with Crippen molar-refractivity contribution in [1.82, 2.24) is 15.2 Å². The summed E-state index contributed by atoms with van der Waals surface area (Å²) in [7, 11) is -4.17. The third-order valence-electron chi connectivity index (χ3n) is 9.23. The van der Waals surface area contributed by atoms with E-state index in [1.807, 2.05) is 78.9 Å². The van der Waals surface area contributed by atoms with Gasteiger partial charge < -0.3 is 0 Å². The first-order valence-electron chi connectivity index (χ1n) is 16.6. The van der Waals surface area contributed by atoms with Crippen molar-refractivity contribution in [3.8, 4) is 0 Å². The molecule has 10 heteroatoms. The molecule has 6 nitrogen and oxygen atoms in total. The van der Waals surface area contributed by atoms with Gasteiger partial charge in [-0.3, -0.25) is 10.2 Å². The Labute approximate surface area is 300 Å². The third-order valence-corrected chi connectivity index (χ3v) is 12.8. The number of nitrogens with zero attached hydrogens (tertiary/aromatic N) is 1. The number of carbonyl (C=O) groups excluding carboxylic acids is 1. The van der Waals surface area contributed by atoms with Crippen molar-refractivity contribution in [1.29, 1.82) is 0 Å². The van der Waals surface area contributed by atoms with Crippen LogP contribution in [0.2, 0.25) is 0 Å². The minimum atomic E-state index is -4.17. The maximum absolute atomic E-state index is 14.5. The zero-order chi connectivity index (χ0) is 35.4. The molecule has 1 amide bonds. The lowest BCUT2D eigenvalue weighted by Gasteiger charge is -2.37. The lowest BCUT2D eigenvalue weighted by Crippen LogP contribution is -2.49. The fraction of sp³-hybridized carbons (Fsp3) is 0.146. The highest BCUT2D eigenvalue weighted by Crippen LogP contribution is 2.52. The van der Waals surface area contributed by atoms with Gasteiger partial charge in [-0.15, -0.1) is 11.8 Å². The topological polar surface area (TPSA) is 78.5 Å². The zero-order valence-electron chi connectivity index (χ0n) is 27.5. The molecule has 0 unspecified atom stereocenters. The average Bonchev–Trinajstić information content (AvgIpc) is 3.61. The smallest absolute Gasteiger partial charge is 0.252 e. The number of halogens is 2. The van der Waals surface area contributed by atoms with Gasteiger partial charge in [-0.05, 0) is 64.2 Å². The molecule has 1 fully saturated rings. The normalized spacial score (nSPS) is 16.7. The van der Waals surface area contributed by atoms with Crippen LogP contribution < -0.4 is 10.9 Å². The van der Waals surface area contributed by atoms with E-state index in [2.05, 4.69) is 47.2 Å². The molecule has 0 spiro atoms. The number of carbonyl (C=O) groups is 1. The number of benzene rings is 6. The molecule has 7 rings (SSSR count). The number of thioether (sulfide) groups is 1. The van der Waals surface area contributed by atoms with Gasteiger partial charge in [0.05, 0.1) is 9.64 Å². The molecule has 6 aromatic carbocycles. The molecular formula is C41H35F2N3O3S2. The van der Waals surface area contributed by atoms with Gasteiger partial charge in [0.25, 0.3) is 5.91 Å². The van der Waals surface area contributed by atoms with Gasteiger partial charge in [-0.2, -0.15) is 4.31 Å². The van der Waals surface area contributed by atoms with Crippen LogP contribution in [-0.4, -0.2) is 36.5 Å². The van der Waals surface area contributed by atoms with Crippen molar-refractivity contribution >= 4 is 38.5 Å². The summed E-state index contributed by atoms with van der Waals surface area (Å²) >= 11 is 1.62. The van der Waals surface area contributed by atoms with E-state index in [4.69, 9.17) is 0 Å². The van der Waals surface area contributed by atoms with E-state index in [1.54, 1.807) is 30.0 Å². The van der Waals surface area contributed by atoms with Gasteiger partial charge in [0.15, 0.2) is 0 Å². The first-order valence-corrected chi connectivity index (χ1v) is 18.9. The van der Waals surface area contributed by atoms with Crippen molar-refractivity contribution in [2.24, 2.45) is 0 Å². The number of sulfonamides is 1. The molecule has 0 bridgehead atoms. The number of rotatable bonds is 11. The van der Waals surface area contributed by atoms with E-state index >= 15 is 0 Å². The van der Waals surface area contributed by atoms with Crippen LogP contribution in [0.15, 0.2) is 157 Å². The second kappa shape index (κ2) is 14.8. The van der Waals surface area contributed by atoms with Crippen LogP contribution in [0.1, 0.15) is 28.7 Å². The van der Waals surface area contributed by atoms with Gasteiger partial charge in [0.2, 0.25) is 10.0 Å². The zero-order valence-corrected chi connectivity index (χ0v) is 29.1. The average molecular weight is 720 g/mol. The SMILES string of the molecule is O=C(NNCc1cc(F)ccc1F)[C@@H]1C[C@@H](SC(c2ccccc2)(c2ccccc2)c2ccccc2)CN1S(=O)(=O)c1ccc2ccccc2c1. The Morgan fingerprint density at radius 2 is 1.29 bits per heavy atom. The van der Waals surface area contributed by atoms with Crippen LogP contribution in [0.25, 0.3) is 10.8 Å². The summed E-state index contributed by atoms with van der Waals surface area (Å²) in [4.78, 5) is 14.0. The molecule has 2 atom stereocenters. The summed E-state index contributed by atoms with van der Waals surface area (Å²) in [5.74, 6) is -1.83. The van der Waals surface area contributed by atoms with E-state index in [0.717, 1.165) is 45.7 Å². The van der Waals surface area contributed by atoms with E-state index in [-0.39, 0.29) is 35.2 Å². The van der Waals surface area contributed by atoms with E-state index in [0.29, 0.717) is 0 Å². The van der Waals surface area contributed by atoms with Gasteiger partial charge >= 0.3 is 0 Å². The van der Waals surface area contributed by atoms with Crippen LogP contribution in [0, 0.1) is 11.6 Å². The van der Waals surface area contributed by atoms with Gasteiger partial charge in [0.1, 0.15) is 17.7 Å². The van der Waals surface area contributed by atoms with Gasteiger partial charge in [-0.1, -0.05) is 121 Å². The van der Waals surface area contributed by atoms with Crippen LogP contribution in [0.3, 0.4) is 0 Å². The Morgan fingerprint density at radius 1 is 0.725 bits per heavy atom. The molecule has 1 aliphatic rings. The van der Waals surface area contributed by atoms with Crippen LogP contribution in [0.5, 0.6) is 0 Å². The summed E-state index contributed by atoms with van der Waals surface area (Å²) in [5, 5.41) is 1.32. The van der Waals surface area contributed by atoms with E-state index in [1.165, 1.54) is 4.31 Å². The molecule has 0 aliphatic carbocycles. The highest BCUT2D eigenvalue weighted by atomic mass is 32.2. The molecule has 6 aromatic rings. The Bertz CT molecular complexity index is 2160. The predicted octanol–water partition coefficient (Wildman–Crippen LogP) is 7.80. The number of hydrazine groups is 1. The van der Waals surface area contributed by atoms with Crippen LogP contribution >= 0.6 is 11.8 Å². The van der Waals surface area contributed by atoms with Gasteiger partial charge in [-0.25, -0.2) is 22.6 Å². The largest absolute Gasteiger partial charge is 0.290 e. The summed E-state index contributed by atoms with van der Waals surface area (Å²) in [6, 6.07) is 44.7. The Balaban J connectivity index is 1.26. The Hall–Kier alpha value is -4.87. The molecule has 258 valence electrons. The molecule has 0 radical (unpaired) electrons. The molecule has 1 aliphatic heterocycles. The van der Waals surface area contributed by atoms with E-state index < -0.39 is 38.4 Å². The monoisotopic (exact) mass is 719 g/mol. The maximum atomic E-state index is 14.5. The van der Waals surface area contributed by atoms with Crippen molar-refractivity contribution < 1.29 is 22.0 Å². The molecule has 0 aromatic heterocycles. The van der Waals surface area contributed by atoms with Gasteiger partial charge in [0, 0.05) is 23.9 Å². The Kier molecular flexibility index (Phi) is 10.0. The number of nitrogens with one attached hydrogen (secondary N) is 2. The fourth-order valence-electron chi connectivity index (χ4n) is 6.78. The fourth-order valence-corrected chi connectivity index (χ4v) is 10.4. The third kappa shape index (κ3) is 7.05. The van der Waals surface area contributed by atoms with Crippen molar-refractivity contribution in [2.45, 2.75) is 33.9 Å². The number of fused-ring (bicyclic) bond motifs is 1. The lowest BCUT2D eigenvalue weighted by atomic mass is 9.84. The van der Waals surface area contributed by atoms with Crippen LogP contribution in [0.4, 0.5) is 8.78 Å². The van der Waals surface area contributed by atoms with Crippen molar-refractivity contribution in [2.75, 3.05) is 6.54 Å². The second-order valence-electron chi connectivity index (χ2n) is 12.4. The molecule has 0 saturated carbocycles. The number of amides is 1. The summed E-state index contributed by atoms with van der Waals surface area (Å²) in [6.45, 7) is -0.137. The summed E-state index contributed by atoms with van der Waals surface area (Å²) in [5.41, 5.74) is 8.35. The number of hydrogen-bond donors (Lipinski definition) is 2. The quantitative estimate of drug-likeness (QED) is 0.106. The van der Waals surface area contributed by atoms with Crippen LogP contribution in [-0.2, 0) is 26.1 Å². The highest BCUT2D eigenvalue weighted by Gasteiger charge is 2.48. The molecular weight excluding hydrogens is 685 g/mol. The molecule has 2 N–H and O–H groups in total. The van der Waals surface area contributed by atoms with Crippen molar-refractivity contribution in [3.63, 3.8) is 0 Å². The first-order chi connectivity index (χ1) is 24.8. The molecule has 51 heavy (non-hydrogen) atoms. The minimum Gasteiger partial charge on any atom is -0.290 e. The maximum Gasteiger partial charge on any atom is 0.252 e. The second-order valence-corrected chi connectivity index (χ2v) is 15.8. The standard InChI is InChI=1S/C41H35F2N3O3S2/c42-35-21-23-38(43)31(24-35)27-44-45-40(47)39-26-36(28-46(39)51(48,49)37-22-20-29-12-10-11-13-30(29)25-37)50-41(32-14-4-1-5-15-32,33-16-6-2-7-17-33)34-18-8-3-9-19-34/h1-25,36,39,44H,26-28H2,(H,45,47)/t36-,39+/m1/s1. The number of hydrogen-bond acceptors (Lipinski definition) is 5. The van der Waals surface area contributed by atoms with E-state index in [9.17, 15) is 22.0 Å². The minimum absolute atomic E-state index is 0.0224. The highest BCUT2D eigenvalue weighted by molar-refractivity contribution is 8.01.